The molecule has 3 heterocycles. The topological polar surface area (TPSA) is 42.3 Å². The van der Waals surface area contributed by atoms with E-state index in [-0.39, 0.29) is 29.1 Å². The van der Waals surface area contributed by atoms with Gasteiger partial charge < -0.3 is 9.47 Å². The first kappa shape index (κ1) is 19.1. The molecule has 0 radical (unpaired) electrons. The predicted molar refractivity (Wildman–Crippen MR) is 114 cm³/mol. The first-order valence-corrected chi connectivity index (χ1v) is 10.4. The zero-order chi connectivity index (χ0) is 20.8. The average molecular weight is 423 g/mol. The number of carbonyl (C=O) groups is 1. The van der Waals surface area contributed by atoms with Crippen LogP contribution in [0.2, 0.25) is 5.02 Å². The normalized spacial score (nSPS) is 20.0. The SMILES string of the molecule is O=C(c1ccc(F)cc1)N1C[C@@H]2C[C@@H](C1)c1c(-c3ccc(Cl)cc3)ccc(=O)n1C2. The van der Waals surface area contributed by atoms with Crippen molar-refractivity contribution in [2.75, 3.05) is 13.1 Å². The molecule has 152 valence electrons. The number of pyridine rings is 1. The monoisotopic (exact) mass is 422 g/mol. The summed E-state index contributed by atoms with van der Waals surface area (Å²) >= 11 is 6.05. The lowest BCUT2D eigenvalue weighted by atomic mass is 9.80. The quantitative estimate of drug-likeness (QED) is 0.607. The van der Waals surface area contributed by atoms with E-state index in [1.165, 1.54) is 24.3 Å². The Morgan fingerprint density at radius 3 is 2.40 bits per heavy atom. The Bertz CT molecular complexity index is 1170. The van der Waals surface area contributed by atoms with Crippen LogP contribution >= 0.6 is 11.6 Å². The zero-order valence-electron chi connectivity index (χ0n) is 16.2. The van der Waals surface area contributed by atoms with E-state index in [2.05, 4.69) is 0 Å². The average Bonchev–Trinajstić information content (AvgIpc) is 2.75. The van der Waals surface area contributed by atoms with E-state index in [1.54, 1.807) is 6.07 Å². The number of piperidine rings is 1. The number of likely N-dealkylation sites (tertiary alicyclic amines) is 1. The fourth-order valence-electron chi connectivity index (χ4n) is 4.83. The summed E-state index contributed by atoms with van der Waals surface area (Å²) in [7, 11) is 0. The highest BCUT2D eigenvalue weighted by Crippen LogP contribution is 2.40. The van der Waals surface area contributed by atoms with E-state index in [0.717, 1.165) is 23.2 Å². The standard InChI is InChI=1S/C24H20ClFN2O2/c25-19-5-1-16(2-6-19)21-9-10-22(29)28-13-15-11-18(23(21)28)14-27(12-15)24(30)17-3-7-20(26)8-4-17/h1-10,15,18H,11-14H2/t15-,18-/m0/s1. The summed E-state index contributed by atoms with van der Waals surface area (Å²) in [6.45, 7) is 1.74. The third kappa shape index (κ3) is 3.33. The van der Waals surface area contributed by atoms with Crippen LogP contribution in [0.15, 0.2) is 65.5 Å². The van der Waals surface area contributed by atoms with Gasteiger partial charge in [-0.15, -0.1) is 0 Å². The maximum Gasteiger partial charge on any atom is 0.253 e. The van der Waals surface area contributed by atoms with Crippen molar-refractivity contribution in [3.63, 3.8) is 0 Å². The van der Waals surface area contributed by atoms with E-state index in [9.17, 15) is 14.0 Å². The second-order valence-electron chi connectivity index (χ2n) is 8.10. The molecule has 2 aromatic carbocycles. The minimum absolute atomic E-state index is 0.00396. The highest BCUT2D eigenvalue weighted by Gasteiger charge is 2.38. The number of aromatic nitrogens is 1. The lowest BCUT2D eigenvalue weighted by Crippen LogP contribution is -2.49. The minimum atomic E-state index is -0.358. The molecule has 1 saturated heterocycles. The van der Waals surface area contributed by atoms with Gasteiger partial charge in [-0.25, -0.2) is 4.39 Å². The van der Waals surface area contributed by atoms with Crippen molar-refractivity contribution in [3.8, 4) is 11.1 Å². The summed E-state index contributed by atoms with van der Waals surface area (Å²) in [4.78, 5) is 27.5. The molecule has 5 rings (SSSR count). The summed E-state index contributed by atoms with van der Waals surface area (Å²) in [6, 6.07) is 16.8. The van der Waals surface area contributed by atoms with Crippen LogP contribution < -0.4 is 5.56 Å². The molecule has 30 heavy (non-hydrogen) atoms. The molecule has 3 aromatic rings. The van der Waals surface area contributed by atoms with E-state index in [0.29, 0.717) is 30.2 Å². The summed E-state index contributed by atoms with van der Waals surface area (Å²) in [5.41, 5.74) is 3.47. The molecule has 2 aliphatic rings. The molecule has 0 spiro atoms. The molecule has 1 aromatic heterocycles. The number of fused-ring (bicyclic) bond motifs is 4. The van der Waals surface area contributed by atoms with Crippen LogP contribution in [0.1, 0.15) is 28.4 Å². The van der Waals surface area contributed by atoms with E-state index < -0.39 is 0 Å². The number of amides is 1. The van der Waals surface area contributed by atoms with Gasteiger partial charge in [0.25, 0.3) is 11.5 Å². The Morgan fingerprint density at radius 1 is 0.933 bits per heavy atom. The summed E-state index contributed by atoms with van der Waals surface area (Å²) < 4.78 is 15.1. The molecule has 0 unspecified atom stereocenters. The number of hydrogen-bond donors (Lipinski definition) is 0. The van der Waals surface area contributed by atoms with Crippen LogP contribution in [0.4, 0.5) is 4.39 Å². The van der Waals surface area contributed by atoms with Crippen molar-refractivity contribution < 1.29 is 9.18 Å². The first-order valence-electron chi connectivity index (χ1n) is 10.0. The molecule has 2 atom stereocenters. The molecular formula is C24H20ClFN2O2. The Hall–Kier alpha value is -2.92. The van der Waals surface area contributed by atoms with Crippen LogP contribution in [0, 0.1) is 11.7 Å². The van der Waals surface area contributed by atoms with Gasteiger partial charge in [-0.1, -0.05) is 23.7 Å². The van der Waals surface area contributed by atoms with Crippen LogP contribution in [0.3, 0.4) is 0 Å². The first-order chi connectivity index (χ1) is 14.5. The Balaban J connectivity index is 1.53. The number of benzene rings is 2. The van der Waals surface area contributed by atoms with Crippen molar-refractivity contribution in [3.05, 3.63) is 93.1 Å². The Labute approximate surface area is 178 Å². The number of halogens is 2. The van der Waals surface area contributed by atoms with Crippen LogP contribution in [-0.4, -0.2) is 28.5 Å². The molecule has 2 aliphatic heterocycles. The zero-order valence-corrected chi connectivity index (χ0v) is 17.0. The number of hydrogen-bond acceptors (Lipinski definition) is 2. The Morgan fingerprint density at radius 2 is 1.67 bits per heavy atom. The number of nitrogens with zero attached hydrogens (tertiary/aromatic N) is 2. The predicted octanol–water partition coefficient (Wildman–Crippen LogP) is 4.57. The van der Waals surface area contributed by atoms with Crippen molar-refractivity contribution in [2.24, 2.45) is 5.92 Å². The molecule has 6 heteroatoms. The van der Waals surface area contributed by atoms with Gasteiger partial charge in [0, 0.05) is 53.5 Å². The fraction of sp³-hybridized carbons (Fsp3) is 0.250. The van der Waals surface area contributed by atoms with Crippen LogP contribution in [0.25, 0.3) is 11.1 Å². The van der Waals surface area contributed by atoms with Crippen molar-refractivity contribution in [1.82, 2.24) is 9.47 Å². The highest BCUT2D eigenvalue weighted by atomic mass is 35.5. The smallest absolute Gasteiger partial charge is 0.253 e. The van der Waals surface area contributed by atoms with E-state index in [1.807, 2.05) is 39.8 Å². The largest absolute Gasteiger partial charge is 0.338 e. The maximum absolute atomic E-state index is 13.2. The lowest BCUT2D eigenvalue weighted by Gasteiger charge is -2.43. The minimum Gasteiger partial charge on any atom is -0.338 e. The molecule has 0 aliphatic carbocycles. The van der Waals surface area contributed by atoms with Crippen molar-refractivity contribution in [2.45, 2.75) is 18.9 Å². The molecular weight excluding hydrogens is 403 g/mol. The van der Waals surface area contributed by atoms with E-state index >= 15 is 0 Å². The van der Waals surface area contributed by atoms with Gasteiger partial charge in [0.15, 0.2) is 0 Å². The van der Waals surface area contributed by atoms with Gasteiger partial charge in [-0.3, -0.25) is 9.59 Å². The molecule has 0 saturated carbocycles. The summed E-state index contributed by atoms with van der Waals surface area (Å²) in [5, 5.41) is 0.662. The van der Waals surface area contributed by atoms with Crippen molar-refractivity contribution in [1.29, 1.82) is 0 Å². The van der Waals surface area contributed by atoms with Gasteiger partial charge >= 0.3 is 0 Å². The third-order valence-corrected chi connectivity index (χ3v) is 6.38. The third-order valence-electron chi connectivity index (χ3n) is 6.12. The Kier molecular flexibility index (Phi) is 4.70. The molecule has 1 amide bonds. The highest BCUT2D eigenvalue weighted by molar-refractivity contribution is 6.30. The summed E-state index contributed by atoms with van der Waals surface area (Å²) in [5.74, 6) is -0.160. The molecule has 0 N–H and O–H groups in total. The van der Waals surface area contributed by atoms with Crippen LogP contribution in [0.5, 0.6) is 0 Å². The van der Waals surface area contributed by atoms with E-state index in [4.69, 9.17) is 11.6 Å². The van der Waals surface area contributed by atoms with Gasteiger partial charge in [-0.2, -0.15) is 0 Å². The molecule has 4 nitrogen and oxygen atoms in total. The molecule has 2 bridgehead atoms. The van der Waals surface area contributed by atoms with Gasteiger partial charge in [-0.05, 0) is 60.4 Å². The second-order valence-corrected chi connectivity index (χ2v) is 8.54. The number of carbonyl (C=O) groups excluding carboxylic acids is 1. The summed E-state index contributed by atoms with van der Waals surface area (Å²) in [6.07, 6.45) is 0.942. The lowest BCUT2D eigenvalue weighted by molar-refractivity contribution is 0.0595. The van der Waals surface area contributed by atoms with Crippen LogP contribution in [-0.2, 0) is 6.54 Å². The number of rotatable bonds is 2. The van der Waals surface area contributed by atoms with Gasteiger partial charge in [0.05, 0.1) is 0 Å². The fourth-order valence-corrected chi connectivity index (χ4v) is 4.96. The maximum atomic E-state index is 13.2. The molecule has 1 fully saturated rings. The van der Waals surface area contributed by atoms with Crippen molar-refractivity contribution >= 4 is 17.5 Å². The second kappa shape index (κ2) is 7.40. The van der Waals surface area contributed by atoms with Gasteiger partial charge in [0.1, 0.15) is 5.82 Å². The van der Waals surface area contributed by atoms with Gasteiger partial charge in [0.2, 0.25) is 0 Å².